The second kappa shape index (κ2) is 3.41. The summed E-state index contributed by atoms with van der Waals surface area (Å²) in [7, 11) is 1.61. The maximum absolute atomic E-state index is 11.5. The molecule has 1 aliphatic rings. The molecule has 0 saturated heterocycles. The molecule has 0 spiro atoms. The van der Waals surface area contributed by atoms with Crippen LogP contribution in [0.25, 0.3) is 0 Å². The highest BCUT2D eigenvalue weighted by atomic mass is 35.5. The minimum atomic E-state index is -0.766. The van der Waals surface area contributed by atoms with Crippen molar-refractivity contribution in [2.24, 2.45) is 7.05 Å². The minimum absolute atomic E-state index is 0.178. The molecule has 1 aromatic heterocycles. The van der Waals surface area contributed by atoms with E-state index < -0.39 is 4.87 Å². The lowest BCUT2D eigenvalue weighted by Gasteiger charge is -2.01. The summed E-state index contributed by atoms with van der Waals surface area (Å²) in [5, 5.41) is 7.59. The Hall–Kier alpha value is -1.23. The van der Waals surface area contributed by atoms with Crippen molar-refractivity contribution in [3.8, 4) is 0 Å². The Labute approximate surface area is 91.4 Å². The molecular weight excluding hydrogens is 218 g/mol. The molecule has 0 amide bonds. The molecular formula is C9H10ClN3O2. The zero-order valence-corrected chi connectivity index (χ0v) is 8.99. The number of hydrogen-bond acceptors (Lipinski definition) is 4. The number of alkyl halides is 1. The number of carbonyl (C=O) groups is 2. The van der Waals surface area contributed by atoms with Gasteiger partial charge >= 0.3 is 0 Å². The Morgan fingerprint density at radius 2 is 2.27 bits per heavy atom. The zero-order chi connectivity index (χ0) is 11.1. The molecule has 0 bridgehead atoms. The average Bonchev–Trinajstić information content (AvgIpc) is 2.77. The maximum atomic E-state index is 11.5. The van der Waals surface area contributed by atoms with Gasteiger partial charge in [0, 0.05) is 7.05 Å². The largest absolute Gasteiger partial charge is 0.297 e. The van der Waals surface area contributed by atoms with Crippen LogP contribution in [0.2, 0.25) is 0 Å². The summed E-state index contributed by atoms with van der Waals surface area (Å²) in [6.07, 6.45) is 2.51. The Morgan fingerprint density at radius 1 is 1.60 bits per heavy atom. The van der Waals surface area contributed by atoms with Crippen LogP contribution in [0.4, 0.5) is 0 Å². The van der Waals surface area contributed by atoms with Crippen LogP contribution in [0.1, 0.15) is 29.8 Å². The third-order valence-electron chi connectivity index (χ3n) is 2.40. The average molecular weight is 228 g/mol. The van der Waals surface area contributed by atoms with E-state index in [9.17, 15) is 9.59 Å². The van der Waals surface area contributed by atoms with Crippen molar-refractivity contribution >= 4 is 23.2 Å². The normalized spacial score (nSPS) is 17.5. The first-order chi connectivity index (χ1) is 7.01. The van der Waals surface area contributed by atoms with Gasteiger partial charge in [-0.25, -0.2) is 0 Å². The number of Topliss-reactive ketones (excluding diaryl/α,β-unsaturated/α-hetero) is 2. The summed E-state index contributed by atoms with van der Waals surface area (Å²) in [4.78, 5) is 23.6. The van der Waals surface area contributed by atoms with Crippen LogP contribution in [0.3, 0.4) is 0 Å². The molecule has 0 atom stereocenters. The number of carbonyl (C=O) groups excluding carboxylic acids is 2. The molecule has 1 heterocycles. The van der Waals surface area contributed by atoms with Crippen LogP contribution < -0.4 is 0 Å². The van der Waals surface area contributed by atoms with Crippen molar-refractivity contribution in [2.45, 2.75) is 24.1 Å². The summed E-state index contributed by atoms with van der Waals surface area (Å²) in [6, 6.07) is 0. The summed E-state index contributed by atoms with van der Waals surface area (Å²) in [6.45, 7) is 0. The van der Waals surface area contributed by atoms with Crippen molar-refractivity contribution in [3.63, 3.8) is 0 Å². The summed E-state index contributed by atoms with van der Waals surface area (Å²) in [5.41, 5.74) is 0.215. The van der Waals surface area contributed by atoms with Crippen molar-refractivity contribution in [1.82, 2.24) is 15.0 Å². The Kier molecular flexibility index (Phi) is 2.34. The van der Waals surface area contributed by atoms with Crippen LogP contribution in [0, 0.1) is 0 Å². The molecule has 0 radical (unpaired) electrons. The molecule has 5 nitrogen and oxygen atoms in total. The predicted octanol–water partition coefficient (Wildman–Crippen LogP) is 0.728. The van der Waals surface area contributed by atoms with Gasteiger partial charge in [-0.15, -0.1) is 11.6 Å². The van der Waals surface area contributed by atoms with Crippen LogP contribution >= 0.6 is 11.6 Å². The first-order valence-corrected chi connectivity index (χ1v) is 5.01. The highest BCUT2D eigenvalue weighted by Gasteiger charge is 2.48. The second-order valence-corrected chi connectivity index (χ2v) is 4.43. The van der Waals surface area contributed by atoms with Crippen LogP contribution in [0.5, 0.6) is 0 Å². The number of rotatable bonds is 4. The smallest absolute Gasteiger partial charge is 0.192 e. The Balaban J connectivity index is 2.01. The molecule has 1 aliphatic carbocycles. The number of ketones is 2. The van der Waals surface area contributed by atoms with Crippen molar-refractivity contribution < 1.29 is 9.59 Å². The molecule has 15 heavy (non-hydrogen) atoms. The third kappa shape index (κ3) is 2.07. The molecule has 1 saturated carbocycles. The molecule has 6 heteroatoms. The van der Waals surface area contributed by atoms with Gasteiger partial charge < -0.3 is 0 Å². The van der Waals surface area contributed by atoms with E-state index in [1.165, 1.54) is 11.0 Å². The van der Waals surface area contributed by atoms with E-state index in [1.54, 1.807) is 7.05 Å². The van der Waals surface area contributed by atoms with Gasteiger partial charge in [-0.2, -0.15) is 15.0 Å². The Morgan fingerprint density at radius 3 is 2.73 bits per heavy atom. The van der Waals surface area contributed by atoms with E-state index in [1.807, 2.05) is 0 Å². The zero-order valence-electron chi connectivity index (χ0n) is 8.23. The van der Waals surface area contributed by atoms with Crippen LogP contribution in [0.15, 0.2) is 6.20 Å². The van der Waals surface area contributed by atoms with E-state index in [-0.39, 0.29) is 23.7 Å². The lowest BCUT2D eigenvalue weighted by molar-refractivity contribution is -0.118. The highest BCUT2D eigenvalue weighted by molar-refractivity contribution is 6.39. The molecule has 0 aromatic carbocycles. The lowest BCUT2D eigenvalue weighted by atomic mass is 10.1. The molecule has 2 rings (SSSR count). The predicted molar refractivity (Wildman–Crippen MR) is 52.8 cm³/mol. The van der Waals surface area contributed by atoms with E-state index in [2.05, 4.69) is 10.2 Å². The SMILES string of the molecule is Cn1ncc(C(=O)CC(=O)C2(Cl)CC2)n1. The van der Waals surface area contributed by atoms with Crippen LogP contribution in [-0.4, -0.2) is 31.4 Å². The van der Waals surface area contributed by atoms with Crippen LogP contribution in [-0.2, 0) is 11.8 Å². The van der Waals surface area contributed by atoms with Gasteiger partial charge in [-0.1, -0.05) is 0 Å². The molecule has 0 unspecified atom stereocenters. The van der Waals surface area contributed by atoms with Gasteiger partial charge in [0.05, 0.1) is 12.6 Å². The number of nitrogens with zero attached hydrogens (tertiary/aromatic N) is 3. The number of halogens is 1. The van der Waals surface area contributed by atoms with E-state index in [0.717, 1.165) is 0 Å². The van der Waals surface area contributed by atoms with Crippen molar-refractivity contribution in [2.75, 3.05) is 0 Å². The fraction of sp³-hybridized carbons (Fsp3) is 0.556. The van der Waals surface area contributed by atoms with Gasteiger partial charge in [0.15, 0.2) is 11.6 Å². The number of aromatic nitrogens is 3. The number of aryl methyl sites for hydroxylation is 1. The molecule has 1 fully saturated rings. The third-order valence-corrected chi connectivity index (χ3v) is 2.98. The fourth-order valence-corrected chi connectivity index (χ4v) is 1.42. The summed E-state index contributed by atoms with van der Waals surface area (Å²) < 4.78 is 0. The van der Waals surface area contributed by atoms with Gasteiger partial charge in [-0.3, -0.25) is 9.59 Å². The van der Waals surface area contributed by atoms with Crippen molar-refractivity contribution in [3.05, 3.63) is 11.9 Å². The first-order valence-electron chi connectivity index (χ1n) is 4.63. The Bertz CT molecular complexity index is 423. The van der Waals surface area contributed by atoms with Gasteiger partial charge in [0.2, 0.25) is 0 Å². The monoisotopic (exact) mass is 227 g/mol. The van der Waals surface area contributed by atoms with Gasteiger partial charge in [0.25, 0.3) is 0 Å². The number of hydrogen-bond donors (Lipinski definition) is 0. The van der Waals surface area contributed by atoms with E-state index >= 15 is 0 Å². The summed E-state index contributed by atoms with van der Waals surface area (Å²) in [5.74, 6) is -0.528. The standard InChI is InChI=1S/C9H10ClN3O2/c1-13-11-5-6(12-13)7(14)4-8(15)9(10)2-3-9/h5H,2-4H2,1H3. The van der Waals surface area contributed by atoms with E-state index in [0.29, 0.717) is 12.8 Å². The van der Waals surface area contributed by atoms with Gasteiger partial charge in [-0.05, 0) is 12.8 Å². The maximum Gasteiger partial charge on any atom is 0.192 e. The molecule has 1 aromatic rings. The lowest BCUT2D eigenvalue weighted by Crippen LogP contribution is -2.19. The molecule has 0 aliphatic heterocycles. The minimum Gasteiger partial charge on any atom is -0.297 e. The quantitative estimate of drug-likeness (QED) is 0.432. The fourth-order valence-electron chi connectivity index (χ4n) is 1.26. The topological polar surface area (TPSA) is 64.8 Å². The highest BCUT2D eigenvalue weighted by Crippen LogP contribution is 2.44. The van der Waals surface area contributed by atoms with Crippen molar-refractivity contribution in [1.29, 1.82) is 0 Å². The van der Waals surface area contributed by atoms with E-state index in [4.69, 9.17) is 11.6 Å². The molecule has 0 N–H and O–H groups in total. The molecule has 80 valence electrons. The first kappa shape index (κ1) is 10.3. The van der Waals surface area contributed by atoms with Gasteiger partial charge in [0.1, 0.15) is 10.6 Å². The second-order valence-electron chi connectivity index (χ2n) is 3.71. The summed E-state index contributed by atoms with van der Waals surface area (Å²) >= 11 is 5.89.